The number of alkyl halides is 3. The van der Waals surface area contributed by atoms with Crippen LogP contribution in [0.5, 0.6) is 0 Å². The van der Waals surface area contributed by atoms with Crippen molar-refractivity contribution in [2.45, 2.75) is 19.0 Å². The Morgan fingerprint density at radius 3 is 2.50 bits per heavy atom. The molecule has 0 saturated carbocycles. The summed E-state index contributed by atoms with van der Waals surface area (Å²) in [4.78, 5) is 8.08. The molecule has 0 aliphatic heterocycles. The number of benzene rings is 1. The second-order valence-electron chi connectivity index (χ2n) is 4.17. The fourth-order valence-corrected chi connectivity index (χ4v) is 1.80. The van der Waals surface area contributed by atoms with E-state index in [1.54, 1.807) is 36.7 Å². The first kappa shape index (κ1) is 14.8. The van der Waals surface area contributed by atoms with Gasteiger partial charge in [-0.05, 0) is 40.0 Å². The Kier molecular flexibility index (Phi) is 4.59. The van der Waals surface area contributed by atoms with Gasteiger partial charge in [-0.15, -0.1) is 0 Å². The van der Waals surface area contributed by atoms with E-state index in [-0.39, 0.29) is 6.42 Å². The molecule has 2 aromatic rings. The third-order valence-electron chi connectivity index (χ3n) is 2.50. The van der Waals surface area contributed by atoms with Crippen LogP contribution in [0.15, 0.2) is 41.1 Å². The van der Waals surface area contributed by atoms with Crippen molar-refractivity contribution in [3.05, 3.63) is 46.7 Å². The van der Waals surface area contributed by atoms with Crippen LogP contribution in [0.1, 0.15) is 12.0 Å². The molecule has 0 aliphatic rings. The third kappa shape index (κ3) is 4.80. The minimum Gasteiger partial charge on any atom is -0.324 e. The summed E-state index contributed by atoms with van der Waals surface area (Å²) in [6.45, 7) is 0. The molecule has 2 rings (SSSR count). The van der Waals surface area contributed by atoms with Crippen LogP contribution in [0.25, 0.3) is 0 Å². The highest BCUT2D eigenvalue weighted by Gasteiger charge is 2.26. The van der Waals surface area contributed by atoms with Gasteiger partial charge in [0.05, 0.1) is 4.47 Å². The van der Waals surface area contributed by atoms with Gasteiger partial charge in [0.2, 0.25) is 5.95 Å². The number of rotatable bonds is 4. The lowest BCUT2D eigenvalue weighted by Crippen LogP contribution is -2.08. The highest BCUT2D eigenvalue weighted by molar-refractivity contribution is 9.10. The van der Waals surface area contributed by atoms with Crippen LogP contribution >= 0.6 is 15.9 Å². The molecule has 1 aromatic carbocycles. The van der Waals surface area contributed by atoms with Gasteiger partial charge in [-0.25, -0.2) is 9.97 Å². The Morgan fingerprint density at radius 2 is 1.85 bits per heavy atom. The second-order valence-corrected chi connectivity index (χ2v) is 5.08. The van der Waals surface area contributed by atoms with Gasteiger partial charge < -0.3 is 5.32 Å². The van der Waals surface area contributed by atoms with Gasteiger partial charge in [-0.3, -0.25) is 0 Å². The van der Waals surface area contributed by atoms with Crippen molar-refractivity contribution in [3.63, 3.8) is 0 Å². The Hall–Kier alpha value is -1.63. The van der Waals surface area contributed by atoms with Crippen LogP contribution in [0.3, 0.4) is 0 Å². The fraction of sp³-hybridized carbons (Fsp3) is 0.231. The average molecular weight is 346 g/mol. The molecule has 0 aliphatic carbocycles. The van der Waals surface area contributed by atoms with Crippen LogP contribution in [0.4, 0.5) is 24.8 Å². The van der Waals surface area contributed by atoms with E-state index in [4.69, 9.17) is 0 Å². The average Bonchev–Trinajstić information content (AvgIpc) is 2.39. The van der Waals surface area contributed by atoms with Crippen molar-refractivity contribution in [1.82, 2.24) is 9.97 Å². The molecule has 0 radical (unpaired) electrons. The van der Waals surface area contributed by atoms with E-state index in [1.807, 2.05) is 0 Å². The summed E-state index contributed by atoms with van der Waals surface area (Å²) in [6, 6.07) is 6.78. The van der Waals surface area contributed by atoms with Gasteiger partial charge in [0.15, 0.2) is 0 Å². The minimum absolute atomic E-state index is 0.0415. The Balaban J connectivity index is 2.04. The molecule has 0 spiro atoms. The molecule has 0 saturated heterocycles. The molecule has 0 unspecified atom stereocenters. The van der Waals surface area contributed by atoms with E-state index in [0.717, 1.165) is 4.47 Å². The highest BCUT2D eigenvalue weighted by Crippen LogP contribution is 2.23. The number of anilines is 2. The summed E-state index contributed by atoms with van der Waals surface area (Å²) in [5, 5.41) is 2.94. The fourth-order valence-electron chi connectivity index (χ4n) is 1.60. The molecule has 0 fully saturated rings. The van der Waals surface area contributed by atoms with Gasteiger partial charge >= 0.3 is 6.18 Å². The monoisotopic (exact) mass is 345 g/mol. The predicted molar refractivity (Wildman–Crippen MR) is 73.8 cm³/mol. The summed E-state index contributed by atoms with van der Waals surface area (Å²) in [6.07, 6.45) is -1.84. The smallest absolute Gasteiger partial charge is 0.324 e. The zero-order valence-electron chi connectivity index (χ0n) is 10.3. The zero-order chi connectivity index (χ0) is 14.6. The summed E-state index contributed by atoms with van der Waals surface area (Å²) in [5.41, 5.74) is 1.27. The van der Waals surface area contributed by atoms with Gasteiger partial charge in [0.25, 0.3) is 0 Å². The largest absolute Gasteiger partial charge is 0.389 e. The molecule has 0 amide bonds. The molecular formula is C13H11BrF3N3. The number of aromatic nitrogens is 2. The van der Waals surface area contributed by atoms with Crippen molar-refractivity contribution in [2.24, 2.45) is 0 Å². The molecule has 7 heteroatoms. The molecule has 1 aromatic heterocycles. The van der Waals surface area contributed by atoms with Crippen LogP contribution < -0.4 is 5.32 Å². The number of nitrogens with zero attached hydrogens (tertiary/aromatic N) is 2. The molecular weight excluding hydrogens is 335 g/mol. The summed E-state index contributed by atoms with van der Waals surface area (Å²) < 4.78 is 37.3. The number of hydrogen-bond donors (Lipinski definition) is 1. The summed E-state index contributed by atoms with van der Waals surface area (Å²) >= 11 is 3.22. The first-order valence-corrected chi connectivity index (χ1v) is 6.62. The van der Waals surface area contributed by atoms with E-state index in [0.29, 0.717) is 17.2 Å². The Morgan fingerprint density at radius 1 is 1.15 bits per heavy atom. The van der Waals surface area contributed by atoms with Crippen molar-refractivity contribution < 1.29 is 13.2 Å². The number of hydrogen-bond acceptors (Lipinski definition) is 3. The maximum atomic E-state index is 12.2. The first-order valence-electron chi connectivity index (χ1n) is 5.83. The summed E-state index contributed by atoms with van der Waals surface area (Å²) in [5.74, 6) is 0.390. The SMILES string of the molecule is FC(F)(F)CCc1cccc(Nc2ncc(Br)cn2)c1. The van der Waals surface area contributed by atoms with E-state index >= 15 is 0 Å². The van der Waals surface area contributed by atoms with E-state index in [9.17, 15) is 13.2 Å². The molecule has 1 heterocycles. The highest BCUT2D eigenvalue weighted by atomic mass is 79.9. The van der Waals surface area contributed by atoms with Crippen LogP contribution in [0, 0.1) is 0 Å². The topological polar surface area (TPSA) is 37.8 Å². The zero-order valence-corrected chi connectivity index (χ0v) is 11.9. The lowest BCUT2D eigenvalue weighted by molar-refractivity contribution is -0.133. The maximum Gasteiger partial charge on any atom is 0.389 e. The molecule has 20 heavy (non-hydrogen) atoms. The molecule has 0 bridgehead atoms. The van der Waals surface area contributed by atoms with Crippen LogP contribution in [0.2, 0.25) is 0 Å². The molecule has 0 atom stereocenters. The molecule has 106 valence electrons. The third-order valence-corrected chi connectivity index (χ3v) is 2.91. The first-order chi connectivity index (χ1) is 9.42. The standard InChI is InChI=1S/C13H11BrF3N3/c14-10-7-18-12(19-8-10)20-11-3-1-2-9(6-11)4-5-13(15,16)17/h1-3,6-8H,4-5H2,(H,18,19,20). The van der Waals surface area contributed by atoms with E-state index in [2.05, 4.69) is 31.2 Å². The lowest BCUT2D eigenvalue weighted by atomic mass is 10.1. The quantitative estimate of drug-likeness (QED) is 0.887. The van der Waals surface area contributed by atoms with Crippen LogP contribution in [-0.4, -0.2) is 16.1 Å². The minimum atomic E-state index is -4.14. The van der Waals surface area contributed by atoms with Crippen molar-refractivity contribution >= 4 is 27.6 Å². The van der Waals surface area contributed by atoms with E-state index in [1.165, 1.54) is 0 Å². The molecule has 1 N–H and O–H groups in total. The van der Waals surface area contributed by atoms with Crippen molar-refractivity contribution in [1.29, 1.82) is 0 Å². The predicted octanol–water partition coefficient (Wildman–Crippen LogP) is 4.48. The van der Waals surface area contributed by atoms with Gasteiger partial charge in [0.1, 0.15) is 0 Å². The van der Waals surface area contributed by atoms with Crippen molar-refractivity contribution in [3.8, 4) is 0 Å². The van der Waals surface area contributed by atoms with Gasteiger partial charge in [-0.1, -0.05) is 12.1 Å². The van der Waals surface area contributed by atoms with E-state index < -0.39 is 12.6 Å². The van der Waals surface area contributed by atoms with Crippen LogP contribution in [-0.2, 0) is 6.42 Å². The number of nitrogens with one attached hydrogen (secondary N) is 1. The lowest BCUT2D eigenvalue weighted by Gasteiger charge is -2.08. The molecule has 3 nitrogen and oxygen atoms in total. The number of aryl methyl sites for hydroxylation is 1. The second kappa shape index (κ2) is 6.21. The normalized spacial score (nSPS) is 11.4. The van der Waals surface area contributed by atoms with Gasteiger partial charge in [-0.2, -0.15) is 13.2 Å². The van der Waals surface area contributed by atoms with Gasteiger partial charge in [0, 0.05) is 24.5 Å². The summed E-state index contributed by atoms with van der Waals surface area (Å²) in [7, 11) is 0. The maximum absolute atomic E-state index is 12.2. The Labute approximate surface area is 122 Å². The number of halogens is 4. The Bertz CT molecular complexity index is 570. The van der Waals surface area contributed by atoms with Crippen molar-refractivity contribution in [2.75, 3.05) is 5.32 Å².